The number of rotatable bonds is 5. The van der Waals surface area contributed by atoms with Crippen molar-refractivity contribution in [1.82, 2.24) is 14.8 Å². The van der Waals surface area contributed by atoms with E-state index in [1.165, 1.54) is 16.7 Å². The molecule has 0 spiro atoms. The number of carbonyl (C=O) groups excluding carboxylic acids is 1. The van der Waals surface area contributed by atoms with E-state index in [1.807, 2.05) is 4.90 Å². The minimum Gasteiger partial charge on any atom is -0.496 e. The van der Waals surface area contributed by atoms with E-state index in [9.17, 15) is 4.79 Å². The van der Waals surface area contributed by atoms with Crippen molar-refractivity contribution in [3.63, 3.8) is 0 Å². The Morgan fingerprint density at radius 2 is 1.86 bits per heavy atom. The fourth-order valence-electron chi connectivity index (χ4n) is 4.88. The van der Waals surface area contributed by atoms with E-state index in [0.29, 0.717) is 23.5 Å². The summed E-state index contributed by atoms with van der Waals surface area (Å²) in [5.74, 6) is 1.53. The predicted molar refractivity (Wildman–Crippen MR) is 112 cm³/mol. The quantitative estimate of drug-likeness (QED) is 0.777. The number of pyridine rings is 1. The minimum absolute atomic E-state index is 0.0661. The second kappa shape index (κ2) is 7.67. The second-order valence-corrected chi connectivity index (χ2v) is 8.07. The molecule has 0 N–H and O–H groups in total. The van der Waals surface area contributed by atoms with Gasteiger partial charge in [0.15, 0.2) is 0 Å². The number of piperazine rings is 1. The molecular formula is C23H29N3O3. The minimum atomic E-state index is 0.0661. The lowest BCUT2D eigenvalue weighted by atomic mass is 9.96. The zero-order chi connectivity index (χ0) is 20.7. The van der Waals surface area contributed by atoms with E-state index < -0.39 is 0 Å². The second-order valence-electron chi connectivity index (χ2n) is 8.07. The fraction of sp³-hybridized carbons (Fsp3) is 0.478. The van der Waals surface area contributed by atoms with Crippen molar-refractivity contribution in [3.05, 3.63) is 52.7 Å². The topological polar surface area (TPSA) is 54.9 Å². The van der Waals surface area contributed by atoms with Gasteiger partial charge in [0.2, 0.25) is 5.88 Å². The van der Waals surface area contributed by atoms with Crippen LogP contribution in [-0.2, 0) is 0 Å². The highest BCUT2D eigenvalue weighted by atomic mass is 16.5. The normalized spacial score (nSPS) is 22.0. The van der Waals surface area contributed by atoms with Crippen molar-refractivity contribution >= 4 is 5.91 Å². The molecule has 6 heteroatoms. The van der Waals surface area contributed by atoms with Gasteiger partial charge >= 0.3 is 0 Å². The number of hydrogen-bond acceptors (Lipinski definition) is 5. The summed E-state index contributed by atoms with van der Waals surface area (Å²) in [6, 6.07) is 8.76. The van der Waals surface area contributed by atoms with E-state index in [1.54, 1.807) is 32.5 Å². The number of hydrogen-bond donors (Lipinski definition) is 0. The molecule has 2 bridgehead atoms. The molecule has 0 aliphatic carbocycles. The van der Waals surface area contributed by atoms with Gasteiger partial charge in [0.1, 0.15) is 5.75 Å². The first kappa shape index (κ1) is 19.7. The number of nitrogens with zero attached hydrogens (tertiary/aromatic N) is 3. The Balaban J connectivity index is 1.47. The molecule has 0 saturated carbocycles. The maximum Gasteiger partial charge on any atom is 0.255 e. The highest BCUT2D eigenvalue weighted by Gasteiger charge is 2.47. The van der Waals surface area contributed by atoms with Crippen LogP contribution in [0.3, 0.4) is 0 Å². The molecule has 2 aliphatic rings. The lowest BCUT2D eigenvalue weighted by Gasteiger charge is -2.38. The number of aromatic nitrogens is 1. The third kappa shape index (κ3) is 3.35. The van der Waals surface area contributed by atoms with Gasteiger partial charge in [0.05, 0.1) is 19.8 Å². The summed E-state index contributed by atoms with van der Waals surface area (Å²) in [6.45, 7) is 8.24. The van der Waals surface area contributed by atoms with Gasteiger partial charge in [-0.25, -0.2) is 4.98 Å². The number of benzene rings is 1. The molecule has 1 aromatic heterocycles. The summed E-state index contributed by atoms with van der Waals surface area (Å²) < 4.78 is 10.5. The van der Waals surface area contributed by atoms with Crippen molar-refractivity contribution in [3.8, 4) is 11.6 Å². The van der Waals surface area contributed by atoms with E-state index in [4.69, 9.17) is 9.47 Å². The van der Waals surface area contributed by atoms with Crippen molar-refractivity contribution in [2.45, 2.75) is 45.3 Å². The first-order valence-electron chi connectivity index (χ1n) is 10.2. The molecule has 154 valence electrons. The smallest absolute Gasteiger partial charge is 0.255 e. The SMILES string of the molecule is COc1ccc(C(=O)N2C[C@H]3C[C@@H]2CN3[C@@H](C)c2ccc(OC)c(C)c2C)cn1. The lowest BCUT2D eigenvalue weighted by Crippen LogP contribution is -2.49. The average molecular weight is 396 g/mol. The molecule has 1 amide bonds. The van der Waals surface area contributed by atoms with Gasteiger partial charge in [0.25, 0.3) is 5.91 Å². The number of methoxy groups -OCH3 is 2. The predicted octanol–water partition coefficient (Wildman–Crippen LogP) is 3.38. The Labute approximate surface area is 172 Å². The molecule has 2 aliphatic heterocycles. The molecule has 2 saturated heterocycles. The van der Waals surface area contributed by atoms with Crippen molar-refractivity contribution < 1.29 is 14.3 Å². The molecule has 6 nitrogen and oxygen atoms in total. The van der Waals surface area contributed by atoms with Crippen LogP contribution < -0.4 is 9.47 Å². The van der Waals surface area contributed by atoms with Crippen LogP contribution in [0.2, 0.25) is 0 Å². The van der Waals surface area contributed by atoms with E-state index >= 15 is 0 Å². The van der Waals surface area contributed by atoms with Crippen LogP contribution >= 0.6 is 0 Å². The van der Waals surface area contributed by atoms with Gasteiger partial charge in [-0.1, -0.05) is 6.07 Å². The molecule has 0 radical (unpaired) electrons. The van der Waals surface area contributed by atoms with Gasteiger partial charge in [-0.2, -0.15) is 0 Å². The lowest BCUT2D eigenvalue weighted by molar-refractivity contribution is 0.0568. The van der Waals surface area contributed by atoms with Crippen LogP contribution in [0.1, 0.15) is 46.4 Å². The van der Waals surface area contributed by atoms with Crippen LogP contribution in [0.15, 0.2) is 30.5 Å². The molecule has 3 atom stereocenters. The molecule has 1 aromatic carbocycles. The first-order valence-corrected chi connectivity index (χ1v) is 10.2. The number of fused-ring (bicyclic) bond motifs is 2. The first-order chi connectivity index (χ1) is 13.9. The monoisotopic (exact) mass is 395 g/mol. The number of amides is 1. The van der Waals surface area contributed by atoms with Gasteiger partial charge in [-0.15, -0.1) is 0 Å². The van der Waals surface area contributed by atoms with Crippen LogP contribution in [0.5, 0.6) is 11.6 Å². The zero-order valence-electron chi connectivity index (χ0n) is 17.8. The van der Waals surface area contributed by atoms with Crippen LogP contribution in [0.25, 0.3) is 0 Å². The summed E-state index contributed by atoms with van der Waals surface area (Å²) in [5, 5.41) is 0. The Kier molecular flexibility index (Phi) is 5.21. The highest BCUT2D eigenvalue weighted by molar-refractivity contribution is 5.94. The van der Waals surface area contributed by atoms with Crippen LogP contribution in [0, 0.1) is 13.8 Å². The maximum atomic E-state index is 13.0. The molecule has 4 rings (SSSR count). The molecule has 2 fully saturated rings. The van der Waals surface area contributed by atoms with Crippen molar-refractivity contribution in [2.75, 3.05) is 27.3 Å². The van der Waals surface area contributed by atoms with Gasteiger partial charge < -0.3 is 14.4 Å². The molecule has 3 heterocycles. The maximum absolute atomic E-state index is 13.0. The van der Waals surface area contributed by atoms with Crippen molar-refractivity contribution in [2.24, 2.45) is 0 Å². The van der Waals surface area contributed by atoms with Gasteiger partial charge in [-0.3, -0.25) is 9.69 Å². The molecule has 29 heavy (non-hydrogen) atoms. The molecule has 0 unspecified atom stereocenters. The number of ether oxygens (including phenoxy) is 2. The van der Waals surface area contributed by atoms with Gasteiger partial charge in [0, 0.05) is 43.5 Å². The van der Waals surface area contributed by atoms with Crippen molar-refractivity contribution in [1.29, 1.82) is 0 Å². The number of likely N-dealkylation sites (tertiary alicyclic amines) is 2. The van der Waals surface area contributed by atoms with E-state index in [2.05, 4.69) is 42.8 Å². The zero-order valence-corrected chi connectivity index (χ0v) is 17.8. The third-order valence-electron chi connectivity index (χ3n) is 6.68. The number of carbonyl (C=O) groups is 1. The largest absolute Gasteiger partial charge is 0.496 e. The summed E-state index contributed by atoms with van der Waals surface area (Å²) in [5.41, 5.74) is 4.45. The van der Waals surface area contributed by atoms with E-state index in [-0.39, 0.29) is 11.9 Å². The van der Waals surface area contributed by atoms with Gasteiger partial charge in [-0.05, 0) is 56.0 Å². The Morgan fingerprint density at radius 3 is 2.45 bits per heavy atom. The Morgan fingerprint density at radius 1 is 1.07 bits per heavy atom. The third-order valence-corrected chi connectivity index (χ3v) is 6.68. The van der Waals surface area contributed by atoms with Crippen LogP contribution in [-0.4, -0.2) is 60.1 Å². The Hall–Kier alpha value is -2.60. The standard InChI is InChI=1S/C23H29N3O3/c1-14-15(2)21(28-4)8-7-20(14)16(3)25-12-19-10-18(25)13-26(19)23(27)17-6-9-22(29-5)24-11-17/h6-9,11,16,18-19H,10,12-13H2,1-5H3/t16-,18+,19+/m0/s1. The summed E-state index contributed by atoms with van der Waals surface area (Å²) >= 11 is 0. The fourth-order valence-corrected chi connectivity index (χ4v) is 4.88. The highest BCUT2D eigenvalue weighted by Crippen LogP contribution is 2.39. The average Bonchev–Trinajstić information content (AvgIpc) is 3.36. The Bertz CT molecular complexity index is 912. The summed E-state index contributed by atoms with van der Waals surface area (Å²) in [6.07, 6.45) is 2.64. The summed E-state index contributed by atoms with van der Waals surface area (Å²) in [4.78, 5) is 21.7. The molecule has 2 aromatic rings. The van der Waals surface area contributed by atoms with E-state index in [0.717, 1.165) is 25.3 Å². The molecular weight excluding hydrogens is 366 g/mol. The van der Waals surface area contributed by atoms with Crippen LogP contribution in [0.4, 0.5) is 0 Å². The summed E-state index contributed by atoms with van der Waals surface area (Å²) in [7, 11) is 3.29.